The SMILES string of the molecule is Cc1cccc2nc3c(nc12)-c1ccccc1/C3=N\OCCCN(C)C.Cl. The Morgan fingerprint density at radius 3 is 2.52 bits per heavy atom. The summed E-state index contributed by atoms with van der Waals surface area (Å²) in [6.07, 6.45) is 0.931. The van der Waals surface area contributed by atoms with Crippen LogP contribution in [0.3, 0.4) is 0 Å². The fraction of sp³-hybridized carbons (Fsp3) is 0.286. The number of rotatable bonds is 5. The second kappa shape index (κ2) is 8.03. The van der Waals surface area contributed by atoms with Crippen LogP contribution in [0.2, 0.25) is 0 Å². The summed E-state index contributed by atoms with van der Waals surface area (Å²) in [6.45, 7) is 3.62. The lowest BCUT2D eigenvalue weighted by molar-refractivity contribution is 0.135. The normalized spacial score (nSPS) is 13.6. The van der Waals surface area contributed by atoms with Gasteiger partial charge in [0, 0.05) is 17.7 Å². The van der Waals surface area contributed by atoms with Crippen LogP contribution < -0.4 is 0 Å². The van der Waals surface area contributed by atoms with E-state index < -0.39 is 0 Å². The summed E-state index contributed by atoms with van der Waals surface area (Å²) in [5.74, 6) is 0. The van der Waals surface area contributed by atoms with Crippen LogP contribution in [0.25, 0.3) is 22.3 Å². The smallest absolute Gasteiger partial charge is 0.138 e. The lowest BCUT2D eigenvalue weighted by Gasteiger charge is -2.08. The second-order valence-corrected chi connectivity index (χ2v) is 6.84. The molecule has 0 amide bonds. The molecule has 0 N–H and O–H groups in total. The molecule has 0 radical (unpaired) electrons. The van der Waals surface area contributed by atoms with Gasteiger partial charge in [-0.3, -0.25) is 0 Å². The molecular formula is C21H23ClN4O. The third-order valence-corrected chi connectivity index (χ3v) is 4.56. The third kappa shape index (κ3) is 3.66. The number of halogens is 1. The van der Waals surface area contributed by atoms with Gasteiger partial charge in [-0.15, -0.1) is 12.4 Å². The summed E-state index contributed by atoms with van der Waals surface area (Å²) in [5, 5.41) is 4.43. The first-order valence-electron chi connectivity index (χ1n) is 8.87. The number of nitrogens with zero attached hydrogens (tertiary/aromatic N) is 4. The van der Waals surface area contributed by atoms with Crippen molar-refractivity contribution < 1.29 is 4.84 Å². The molecular weight excluding hydrogens is 360 g/mol. The molecule has 140 valence electrons. The number of hydrogen-bond donors (Lipinski definition) is 0. The zero-order valence-electron chi connectivity index (χ0n) is 15.8. The highest BCUT2D eigenvalue weighted by atomic mass is 35.5. The summed E-state index contributed by atoms with van der Waals surface area (Å²) in [5.41, 5.74) is 7.51. The Kier molecular flexibility index (Phi) is 5.73. The Morgan fingerprint density at radius 2 is 1.74 bits per heavy atom. The van der Waals surface area contributed by atoms with Crippen LogP contribution in [0.5, 0.6) is 0 Å². The van der Waals surface area contributed by atoms with Crippen molar-refractivity contribution in [2.45, 2.75) is 13.3 Å². The van der Waals surface area contributed by atoms with Gasteiger partial charge in [0.2, 0.25) is 0 Å². The van der Waals surface area contributed by atoms with Crippen molar-refractivity contribution in [1.82, 2.24) is 14.9 Å². The molecule has 1 heterocycles. The van der Waals surface area contributed by atoms with E-state index in [1.165, 1.54) is 0 Å². The minimum atomic E-state index is 0. The molecule has 27 heavy (non-hydrogen) atoms. The number of hydrogen-bond acceptors (Lipinski definition) is 5. The Morgan fingerprint density at radius 1 is 0.963 bits per heavy atom. The molecule has 0 fully saturated rings. The van der Waals surface area contributed by atoms with E-state index in [0.717, 1.165) is 57.8 Å². The quantitative estimate of drug-likeness (QED) is 0.386. The van der Waals surface area contributed by atoms with Gasteiger partial charge in [0.25, 0.3) is 0 Å². The maximum absolute atomic E-state index is 5.61. The van der Waals surface area contributed by atoms with Gasteiger partial charge in [-0.05, 0) is 39.1 Å². The van der Waals surface area contributed by atoms with Crippen molar-refractivity contribution in [2.75, 3.05) is 27.2 Å². The summed E-state index contributed by atoms with van der Waals surface area (Å²) in [7, 11) is 4.11. The predicted octanol–water partition coefficient (Wildman–Crippen LogP) is 4.06. The number of fused-ring (bicyclic) bond motifs is 4. The van der Waals surface area contributed by atoms with Gasteiger partial charge in [-0.25, -0.2) is 9.97 Å². The Bertz CT molecular complexity index is 1000. The van der Waals surface area contributed by atoms with E-state index in [-0.39, 0.29) is 12.4 Å². The van der Waals surface area contributed by atoms with Crippen LogP contribution in [-0.2, 0) is 4.84 Å². The zero-order chi connectivity index (χ0) is 18.1. The zero-order valence-corrected chi connectivity index (χ0v) is 16.6. The van der Waals surface area contributed by atoms with Crippen LogP contribution in [0.15, 0.2) is 47.6 Å². The Labute approximate surface area is 165 Å². The molecule has 6 heteroatoms. The van der Waals surface area contributed by atoms with E-state index in [1.54, 1.807) is 0 Å². The van der Waals surface area contributed by atoms with Gasteiger partial charge in [-0.2, -0.15) is 0 Å². The van der Waals surface area contributed by atoms with Crippen molar-refractivity contribution in [3.05, 3.63) is 59.3 Å². The van der Waals surface area contributed by atoms with E-state index in [4.69, 9.17) is 14.8 Å². The summed E-state index contributed by atoms with van der Waals surface area (Å²) in [4.78, 5) is 17.5. The van der Waals surface area contributed by atoms with Gasteiger partial charge in [0.15, 0.2) is 0 Å². The van der Waals surface area contributed by atoms with Gasteiger partial charge in [-0.1, -0.05) is 41.6 Å². The molecule has 0 spiro atoms. The maximum atomic E-state index is 5.61. The van der Waals surface area contributed by atoms with Crippen molar-refractivity contribution >= 4 is 29.2 Å². The topological polar surface area (TPSA) is 50.6 Å². The lowest BCUT2D eigenvalue weighted by atomic mass is 10.1. The molecule has 3 aromatic rings. The largest absolute Gasteiger partial charge is 0.395 e. The fourth-order valence-corrected chi connectivity index (χ4v) is 3.24. The number of aromatic nitrogens is 2. The first-order valence-corrected chi connectivity index (χ1v) is 8.87. The number of para-hydroxylation sites is 1. The summed E-state index contributed by atoms with van der Waals surface area (Å²) >= 11 is 0. The summed E-state index contributed by atoms with van der Waals surface area (Å²) < 4.78 is 0. The number of oxime groups is 1. The first kappa shape index (κ1) is 19.3. The number of benzene rings is 2. The third-order valence-electron chi connectivity index (χ3n) is 4.56. The highest BCUT2D eigenvalue weighted by Crippen LogP contribution is 2.36. The molecule has 0 saturated carbocycles. The second-order valence-electron chi connectivity index (χ2n) is 6.84. The van der Waals surface area contributed by atoms with Crippen LogP contribution >= 0.6 is 12.4 Å². The molecule has 0 aliphatic heterocycles. The molecule has 1 aliphatic carbocycles. The molecule has 4 rings (SSSR count). The van der Waals surface area contributed by atoms with Crippen LogP contribution in [0, 0.1) is 6.92 Å². The molecule has 0 bridgehead atoms. The Hall–Kier alpha value is -2.50. The molecule has 0 saturated heterocycles. The van der Waals surface area contributed by atoms with E-state index in [2.05, 4.69) is 49.3 Å². The van der Waals surface area contributed by atoms with Gasteiger partial charge in [0.05, 0.1) is 16.7 Å². The lowest BCUT2D eigenvalue weighted by Crippen LogP contribution is -2.14. The van der Waals surface area contributed by atoms with Crippen molar-refractivity contribution in [3.63, 3.8) is 0 Å². The molecule has 5 nitrogen and oxygen atoms in total. The molecule has 2 aromatic carbocycles. The standard InChI is InChI=1S/C21H22N4O.ClH/c1-14-8-6-11-17-18(14)23-19-15-9-4-5-10-16(15)20(21(19)22-17)24-26-13-7-12-25(2)3;/h4-6,8-11H,7,12-13H2,1-3H3;1H/b24-20+;. The van der Waals surface area contributed by atoms with Crippen molar-refractivity contribution in [2.24, 2.45) is 5.16 Å². The highest BCUT2D eigenvalue weighted by molar-refractivity contribution is 6.23. The van der Waals surface area contributed by atoms with E-state index in [9.17, 15) is 0 Å². The van der Waals surface area contributed by atoms with Gasteiger partial charge >= 0.3 is 0 Å². The van der Waals surface area contributed by atoms with Crippen molar-refractivity contribution in [1.29, 1.82) is 0 Å². The predicted molar refractivity (Wildman–Crippen MR) is 112 cm³/mol. The van der Waals surface area contributed by atoms with Crippen LogP contribution in [0.4, 0.5) is 0 Å². The number of aryl methyl sites for hydroxylation is 1. The van der Waals surface area contributed by atoms with Crippen LogP contribution in [-0.4, -0.2) is 47.8 Å². The molecule has 1 aromatic heterocycles. The monoisotopic (exact) mass is 382 g/mol. The first-order chi connectivity index (χ1) is 12.6. The minimum Gasteiger partial charge on any atom is -0.395 e. The van der Waals surface area contributed by atoms with Gasteiger partial charge in [0.1, 0.15) is 18.0 Å². The highest BCUT2D eigenvalue weighted by Gasteiger charge is 2.29. The summed E-state index contributed by atoms with van der Waals surface area (Å²) in [6, 6.07) is 14.2. The molecule has 0 unspecified atom stereocenters. The molecule has 1 aliphatic rings. The average molecular weight is 383 g/mol. The van der Waals surface area contributed by atoms with E-state index in [1.807, 2.05) is 24.3 Å². The Balaban J connectivity index is 0.00000210. The molecule has 0 atom stereocenters. The fourth-order valence-electron chi connectivity index (χ4n) is 3.24. The van der Waals surface area contributed by atoms with Crippen LogP contribution in [0.1, 0.15) is 23.2 Å². The maximum Gasteiger partial charge on any atom is 0.138 e. The average Bonchev–Trinajstić information content (AvgIpc) is 2.93. The van der Waals surface area contributed by atoms with Gasteiger partial charge < -0.3 is 9.74 Å². The minimum absolute atomic E-state index is 0. The van der Waals surface area contributed by atoms with Crippen molar-refractivity contribution in [3.8, 4) is 11.3 Å². The van der Waals surface area contributed by atoms with E-state index in [0.29, 0.717) is 6.61 Å². The van der Waals surface area contributed by atoms with E-state index >= 15 is 0 Å².